The zero-order valence-electron chi connectivity index (χ0n) is 7.58. The molecule has 0 unspecified atom stereocenters. The first-order valence-electron chi connectivity index (χ1n) is 4.01. The smallest absolute Gasteiger partial charge is 0.340 e. The van der Waals surface area contributed by atoms with E-state index in [1.54, 1.807) is 6.92 Å². The summed E-state index contributed by atoms with van der Waals surface area (Å²) in [5.41, 5.74) is 5.81. The van der Waals surface area contributed by atoms with Crippen LogP contribution in [0.15, 0.2) is 12.1 Å². The maximum absolute atomic E-state index is 11.3. The Kier molecular flexibility index (Phi) is 3.19. The predicted molar refractivity (Wildman–Crippen MR) is 53.5 cm³/mol. The van der Waals surface area contributed by atoms with Crippen LogP contribution in [0.2, 0.25) is 5.02 Å². The van der Waals surface area contributed by atoms with Gasteiger partial charge in [0.2, 0.25) is 0 Å². The first-order chi connectivity index (χ1) is 6.56. The summed E-state index contributed by atoms with van der Waals surface area (Å²) in [6, 6.07) is 2.50. The Morgan fingerprint density at radius 2 is 2.29 bits per heavy atom. The Morgan fingerprint density at radius 1 is 1.64 bits per heavy atom. The number of carbonyl (C=O) groups is 1. The first-order valence-corrected chi connectivity index (χ1v) is 4.39. The maximum Gasteiger partial charge on any atom is 0.340 e. The molecule has 0 aliphatic heterocycles. The first kappa shape index (κ1) is 10.7. The lowest BCUT2D eigenvalue weighted by molar-refractivity contribution is 0.0527. The number of carbonyl (C=O) groups excluding carboxylic acids is 1. The molecule has 0 atom stereocenters. The van der Waals surface area contributed by atoms with E-state index in [4.69, 9.17) is 22.1 Å². The summed E-state index contributed by atoms with van der Waals surface area (Å²) in [6.07, 6.45) is 0. The molecule has 1 aromatic carbocycles. The Morgan fingerprint density at radius 3 is 2.86 bits per heavy atom. The van der Waals surface area contributed by atoms with Gasteiger partial charge in [-0.3, -0.25) is 0 Å². The lowest BCUT2D eigenvalue weighted by atomic mass is 10.2. The molecular weight excluding hydrogens is 206 g/mol. The standard InChI is InChI=1S/C9H10ClNO3/c1-2-14-9(13)5-3-6(10)8(12)4-7(5)11/h3-4,12H,2,11H2,1H3. The third-order valence-electron chi connectivity index (χ3n) is 1.61. The van der Waals surface area contributed by atoms with E-state index in [1.807, 2.05) is 0 Å². The molecule has 76 valence electrons. The number of phenols is 1. The van der Waals surface area contributed by atoms with Crippen molar-refractivity contribution in [1.29, 1.82) is 0 Å². The van der Waals surface area contributed by atoms with Gasteiger partial charge in [0.05, 0.1) is 17.2 Å². The van der Waals surface area contributed by atoms with Gasteiger partial charge in [0.1, 0.15) is 5.75 Å². The molecule has 3 N–H and O–H groups in total. The molecule has 0 bridgehead atoms. The molecule has 0 saturated carbocycles. The highest BCUT2D eigenvalue weighted by atomic mass is 35.5. The normalized spacial score (nSPS) is 9.86. The van der Waals surface area contributed by atoms with Gasteiger partial charge >= 0.3 is 5.97 Å². The molecule has 0 saturated heterocycles. The Labute approximate surface area is 86.2 Å². The third kappa shape index (κ3) is 2.09. The molecule has 0 amide bonds. The minimum Gasteiger partial charge on any atom is -0.506 e. The van der Waals surface area contributed by atoms with Crippen molar-refractivity contribution in [2.45, 2.75) is 6.92 Å². The van der Waals surface area contributed by atoms with Crippen LogP contribution in [-0.2, 0) is 4.74 Å². The number of nitrogen functional groups attached to an aromatic ring is 1. The number of benzene rings is 1. The van der Waals surface area contributed by atoms with Gasteiger partial charge in [-0.1, -0.05) is 11.6 Å². The molecule has 0 spiro atoms. The van der Waals surface area contributed by atoms with Crippen LogP contribution in [0.3, 0.4) is 0 Å². The summed E-state index contributed by atoms with van der Waals surface area (Å²) in [4.78, 5) is 11.3. The number of nitrogens with two attached hydrogens (primary N) is 1. The third-order valence-corrected chi connectivity index (χ3v) is 1.92. The molecule has 14 heavy (non-hydrogen) atoms. The van der Waals surface area contributed by atoms with Gasteiger partial charge in [-0.15, -0.1) is 0 Å². The number of anilines is 1. The quantitative estimate of drug-likeness (QED) is 0.583. The molecule has 4 nitrogen and oxygen atoms in total. The van der Waals surface area contributed by atoms with Crippen molar-refractivity contribution in [2.75, 3.05) is 12.3 Å². The van der Waals surface area contributed by atoms with Crippen LogP contribution in [-0.4, -0.2) is 17.7 Å². The van der Waals surface area contributed by atoms with Crippen LogP contribution in [0.5, 0.6) is 5.75 Å². The number of hydrogen-bond donors (Lipinski definition) is 2. The lowest BCUT2D eigenvalue weighted by Crippen LogP contribution is -2.07. The van der Waals surface area contributed by atoms with Crippen molar-refractivity contribution in [3.8, 4) is 5.75 Å². The van der Waals surface area contributed by atoms with Gasteiger partial charge in [-0.2, -0.15) is 0 Å². The Balaban J connectivity index is 3.09. The molecule has 0 heterocycles. The predicted octanol–water partition coefficient (Wildman–Crippen LogP) is 1.80. The second-order valence-corrected chi connectivity index (χ2v) is 3.02. The minimum absolute atomic E-state index is 0.0715. The van der Waals surface area contributed by atoms with Crippen molar-refractivity contribution in [3.05, 3.63) is 22.7 Å². The lowest BCUT2D eigenvalue weighted by Gasteiger charge is -2.06. The van der Waals surface area contributed by atoms with Gasteiger partial charge in [-0.05, 0) is 13.0 Å². The molecule has 0 aliphatic rings. The molecule has 1 rings (SSSR count). The van der Waals surface area contributed by atoms with Crippen LogP contribution in [0, 0.1) is 0 Å². The Bertz CT molecular complexity index is 365. The average molecular weight is 216 g/mol. The number of halogens is 1. The summed E-state index contributed by atoms with van der Waals surface area (Å²) >= 11 is 5.62. The van der Waals surface area contributed by atoms with E-state index in [-0.39, 0.29) is 28.6 Å². The number of ether oxygens (including phenoxy) is 1. The highest BCUT2D eigenvalue weighted by Gasteiger charge is 2.13. The molecule has 5 heteroatoms. The van der Waals surface area contributed by atoms with Crippen molar-refractivity contribution < 1.29 is 14.6 Å². The monoisotopic (exact) mass is 215 g/mol. The number of phenolic OH excluding ortho intramolecular Hbond substituents is 1. The fraction of sp³-hybridized carbons (Fsp3) is 0.222. The summed E-state index contributed by atoms with van der Waals surface area (Å²) in [6.45, 7) is 1.95. The van der Waals surface area contributed by atoms with E-state index in [0.717, 1.165) is 0 Å². The minimum atomic E-state index is -0.549. The van der Waals surface area contributed by atoms with E-state index in [0.29, 0.717) is 0 Å². The van der Waals surface area contributed by atoms with Gasteiger partial charge in [0, 0.05) is 11.8 Å². The van der Waals surface area contributed by atoms with E-state index in [2.05, 4.69) is 0 Å². The van der Waals surface area contributed by atoms with Crippen molar-refractivity contribution >= 4 is 23.3 Å². The Hall–Kier alpha value is -1.42. The second kappa shape index (κ2) is 4.19. The summed E-state index contributed by atoms with van der Waals surface area (Å²) in [5, 5.41) is 9.24. The van der Waals surface area contributed by atoms with E-state index >= 15 is 0 Å². The van der Waals surface area contributed by atoms with Crippen molar-refractivity contribution in [1.82, 2.24) is 0 Å². The number of rotatable bonds is 2. The average Bonchev–Trinajstić information content (AvgIpc) is 2.11. The largest absolute Gasteiger partial charge is 0.506 e. The van der Waals surface area contributed by atoms with Crippen LogP contribution >= 0.6 is 11.6 Å². The maximum atomic E-state index is 11.3. The van der Waals surface area contributed by atoms with Gasteiger partial charge in [-0.25, -0.2) is 4.79 Å². The second-order valence-electron chi connectivity index (χ2n) is 2.61. The summed E-state index contributed by atoms with van der Waals surface area (Å²) in [5.74, 6) is -0.705. The topological polar surface area (TPSA) is 72.5 Å². The van der Waals surface area contributed by atoms with Crippen LogP contribution in [0.4, 0.5) is 5.69 Å². The fourth-order valence-corrected chi connectivity index (χ4v) is 1.13. The zero-order valence-corrected chi connectivity index (χ0v) is 8.34. The number of hydrogen-bond acceptors (Lipinski definition) is 4. The van der Waals surface area contributed by atoms with Crippen LogP contribution in [0.1, 0.15) is 17.3 Å². The zero-order chi connectivity index (χ0) is 10.7. The van der Waals surface area contributed by atoms with Gasteiger partial charge in [0.25, 0.3) is 0 Å². The van der Waals surface area contributed by atoms with Crippen molar-refractivity contribution in [3.63, 3.8) is 0 Å². The highest BCUT2D eigenvalue weighted by Crippen LogP contribution is 2.28. The van der Waals surface area contributed by atoms with Crippen LogP contribution in [0.25, 0.3) is 0 Å². The molecule has 0 fully saturated rings. The van der Waals surface area contributed by atoms with E-state index in [9.17, 15) is 9.90 Å². The molecular formula is C9H10ClNO3. The number of aromatic hydroxyl groups is 1. The van der Waals surface area contributed by atoms with Crippen molar-refractivity contribution in [2.24, 2.45) is 0 Å². The highest BCUT2D eigenvalue weighted by molar-refractivity contribution is 6.32. The van der Waals surface area contributed by atoms with Gasteiger partial charge < -0.3 is 15.6 Å². The number of esters is 1. The van der Waals surface area contributed by atoms with Gasteiger partial charge in [0.15, 0.2) is 0 Å². The van der Waals surface area contributed by atoms with Crippen LogP contribution < -0.4 is 5.73 Å². The van der Waals surface area contributed by atoms with E-state index < -0.39 is 5.97 Å². The van der Waals surface area contributed by atoms with E-state index in [1.165, 1.54) is 12.1 Å². The molecule has 0 aliphatic carbocycles. The fourth-order valence-electron chi connectivity index (χ4n) is 0.964. The molecule has 0 radical (unpaired) electrons. The summed E-state index contributed by atoms with van der Waals surface area (Å²) in [7, 11) is 0. The molecule has 0 aromatic heterocycles. The summed E-state index contributed by atoms with van der Waals surface area (Å²) < 4.78 is 4.74. The SMILES string of the molecule is CCOC(=O)c1cc(Cl)c(O)cc1N. The molecule has 1 aromatic rings.